The van der Waals surface area contributed by atoms with E-state index >= 15 is 0 Å². The summed E-state index contributed by atoms with van der Waals surface area (Å²) in [7, 11) is 3.39. The van der Waals surface area contributed by atoms with E-state index in [1.54, 1.807) is 49.3 Å². The molecule has 2 amide bonds. The van der Waals surface area contributed by atoms with Crippen molar-refractivity contribution >= 4 is 28.8 Å². The third-order valence-electron chi connectivity index (χ3n) is 2.46. The number of nitrogens with zero attached hydrogens (tertiary/aromatic N) is 2. The quantitative estimate of drug-likeness (QED) is 0.933. The van der Waals surface area contributed by atoms with Gasteiger partial charge in [-0.25, -0.2) is 4.98 Å². The Morgan fingerprint density at radius 1 is 1.21 bits per heavy atom. The molecule has 98 valence electrons. The fourth-order valence-corrected chi connectivity index (χ4v) is 2.01. The molecule has 1 aromatic carbocycles. The molecule has 1 aromatic heterocycles. The highest BCUT2D eigenvalue weighted by Crippen LogP contribution is 2.12. The maximum absolute atomic E-state index is 11.8. The zero-order chi connectivity index (χ0) is 13.8. The first-order valence-electron chi connectivity index (χ1n) is 5.59. The average molecular weight is 275 g/mol. The zero-order valence-electron chi connectivity index (χ0n) is 10.6. The van der Waals surface area contributed by atoms with E-state index in [0.717, 1.165) is 0 Å². The van der Waals surface area contributed by atoms with Crippen LogP contribution in [-0.2, 0) is 0 Å². The van der Waals surface area contributed by atoms with Gasteiger partial charge in [-0.1, -0.05) is 0 Å². The van der Waals surface area contributed by atoms with E-state index in [-0.39, 0.29) is 11.8 Å². The van der Waals surface area contributed by atoms with E-state index < -0.39 is 0 Å². The molecule has 19 heavy (non-hydrogen) atoms. The Labute approximate surface area is 114 Å². The van der Waals surface area contributed by atoms with Crippen LogP contribution < -0.4 is 5.32 Å². The van der Waals surface area contributed by atoms with Crippen molar-refractivity contribution in [3.63, 3.8) is 0 Å². The van der Waals surface area contributed by atoms with Crippen molar-refractivity contribution in [2.45, 2.75) is 0 Å². The van der Waals surface area contributed by atoms with Crippen LogP contribution in [-0.4, -0.2) is 35.8 Å². The number of carbonyl (C=O) groups is 2. The van der Waals surface area contributed by atoms with Gasteiger partial charge in [-0.15, -0.1) is 11.3 Å². The molecule has 0 saturated carbocycles. The normalized spacial score (nSPS) is 10.0. The molecule has 0 radical (unpaired) electrons. The summed E-state index contributed by atoms with van der Waals surface area (Å²) in [6.07, 6.45) is 0. The Bertz CT molecular complexity index is 576. The predicted octanol–water partition coefficient (Wildman–Crippen LogP) is 2.10. The molecule has 2 aromatic rings. The van der Waals surface area contributed by atoms with Crippen LogP contribution >= 0.6 is 11.3 Å². The summed E-state index contributed by atoms with van der Waals surface area (Å²) in [6, 6.07) is 6.75. The fraction of sp³-hybridized carbons (Fsp3) is 0.154. The molecule has 2 rings (SSSR count). The zero-order valence-corrected chi connectivity index (χ0v) is 11.4. The van der Waals surface area contributed by atoms with E-state index in [1.165, 1.54) is 16.2 Å². The molecule has 0 aliphatic carbocycles. The Morgan fingerprint density at radius 2 is 1.89 bits per heavy atom. The van der Waals surface area contributed by atoms with Gasteiger partial charge >= 0.3 is 0 Å². The van der Waals surface area contributed by atoms with Crippen LogP contribution in [0.3, 0.4) is 0 Å². The van der Waals surface area contributed by atoms with Gasteiger partial charge in [0, 0.05) is 30.7 Å². The number of nitrogens with one attached hydrogen (secondary N) is 1. The highest BCUT2D eigenvalue weighted by atomic mass is 32.1. The van der Waals surface area contributed by atoms with E-state index in [2.05, 4.69) is 10.3 Å². The number of carbonyl (C=O) groups excluding carboxylic acids is 2. The summed E-state index contributed by atoms with van der Waals surface area (Å²) >= 11 is 1.37. The van der Waals surface area contributed by atoms with Crippen molar-refractivity contribution in [1.82, 2.24) is 9.88 Å². The van der Waals surface area contributed by atoms with E-state index in [4.69, 9.17) is 0 Å². The lowest BCUT2D eigenvalue weighted by atomic mass is 10.2. The lowest BCUT2D eigenvalue weighted by molar-refractivity contribution is 0.0827. The molecule has 0 spiro atoms. The van der Waals surface area contributed by atoms with Crippen LogP contribution in [0.2, 0.25) is 0 Å². The Balaban J connectivity index is 2.07. The largest absolute Gasteiger partial charge is 0.345 e. The number of aromatic nitrogens is 1. The number of hydrogen-bond acceptors (Lipinski definition) is 4. The lowest BCUT2D eigenvalue weighted by Crippen LogP contribution is -2.21. The Morgan fingerprint density at radius 3 is 2.42 bits per heavy atom. The Kier molecular flexibility index (Phi) is 3.91. The van der Waals surface area contributed by atoms with Crippen LogP contribution in [0, 0.1) is 0 Å². The predicted molar refractivity (Wildman–Crippen MR) is 74.5 cm³/mol. The molecular weight excluding hydrogens is 262 g/mol. The van der Waals surface area contributed by atoms with Crippen molar-refractivity contribution in [3.8, 4) is 0 Å². The van der Waals surface area contributed by atoms with Gasteiger partial charge < -0.3 is 10.2 Å². The molecule has 1 N–H and O–H groups in total. The lowest BCUT2D eigenvalue weighted by Gasteiger charge is -2.10. The SMILES string of the molecule is CN(C)C(=O)c1ccc(NC(=O)c2cscn2)cc1. The maximum atomic E-state index is 11.8. The topological polar surface area (TPSA) is 62.3 Å². The molecule has 0 unspecified atom stereocenters. The molecule has 1 heterocycles. The summed E-state index contributed by atoms with van der Waals surface area (Å²) in [4.78, 5) is 28.9. The molecule has 6 heteroatoms. The highest BCUT2D eigenvalue weighted by molar-refractivity contribution is 7.07. The molecule has 0 saturated heterocycles. The second kappa shape index (κ2) is 5.62. The summed E-state index contributed by atoms with van der Waals surface area (Å²) in [5.41, 5.74) is 3.21. The van der Waals surface area contributed by atoms with Gasteiger partial charge in [0.25, 0.3) is 11.8 Å². The van der Waals surface area contributed by atoms with Crippen molar-refractivity contribution < 1.29 is 9.59 Å². The number of benzene rings is 1. The van der Waals surface area contributed by atoms with Crippen molar-refractivity contribution in [2.24, 2.45) is 0 Å². The van der Waals surface area contributed by atoms with Crippen molar-refractivity contribution in [2.75, 3.05) is 19.4 Å². The monoisotopic (exact) mass is 275 g/mol. The molecule has 0 aliphatic heterocycles. The minimum atomic E-state index is -0.257. The van der Waals surface area contributed by atoms with E-state index in [9.17, 15) is 9.59 Å². The maximum Gasteiger partial charge on any atom is 0.275 e. The standard InChI is InChI=1S/C13H13N3O2S/c1-16(2)13(18)9-3-5-10(6-4-9)15-12(17)11-7-19-8-14-11/h3-8H,1-2H3,(H,15,17). The second-order valence-electron chi connectivity index (χ2n) is 4.10. The molecule has 0 aliphatic rings. The first-order valence-corrected chi connectivity index (χ1v) is 6.53. The fourth-order valence-electron chi connectivity index (χ4n) is 1.47. The van der Waals surface area contributed by atoms with Gasteiger partial charge in [-0.2, -0.15) is 0 Å². The summed E-state index contributed by atoms with van der Waals surface area (Å²) in [5.74, 6) is -0.328. The van der Waals surface area contributed by atoms with Crippen molar-refractivity contribution in [3.05, 3.63) is 46.4 Å². The third kappa shape index (κ3) is 3.17. The number of hydrogen-bond donors (Lipinski definition) is 1. The molecule has 0 fully saturated rings. The van der Waals surface area contributed by atoms with Crippen LogP contribution in [0.1, 0.15) is 20.8 Å². The highest BCUT2D eigenvalue weighted by Gasteiger charge is 2.10. The summed E-state index contributed by atoms with van der Waals surface area (Å²) < 4.78 is 0. The summed E-state index contributed by atoms with van der Waals surface area (Å²) in [6.45, 7) is 0. The minimum absolute atomic E-state index is 0.0719. The van der Waals surface area contributed by atoms with Gasteiger partial charge in [-0.05, 0) is 24.3 Å². The first kappa shape index (κ1) is 13.2. The van der Waals surface area contributed by atoms with Gasteiger partial charge in [0.05, 0.1) is 5.51 Å². The number of amides is 2. The van der Waals surface area contributed by atoms with Gasteiger partial charge in [0.15, 0.2) is 0 Å². The van der Waals surface area contributed by atoms with Gasteiger partial charge in [-0.3, -0.25) is 9.59 Å². The number of rotatable bonds is 3. The van der Waals surface area contributed by atoms with Gasteiger partial charge in [0.2, 0.25) is 0 Å². The Hall–Kier alpha value is -2.21. The van der Waals surface area contributed by atoms with Crippen LogP contribution in [0.5, 0.6) is 0 Å². The minimum Gasteiger partial charge on any atom is -0.345 e. The third-order valence-corrected chi connectivity index (χ3v) is 3.05. The van der Waals surface area contributed by atoms with Crippen LogP contribution in [0.15, 0.2) is 35.2 Å². The first-order chi connectivity index (χ1) is 9.08. The van der Waals surface area contributed by atoms with Crippen molar-refractivity contribution in [1.29, 1.82) is 0 Å². The smallest absolute Gasteiger partial charge is 0.275 e. The van der Waals surface area contributed by atoms with Gasteiger partial charge in [0.1, 0.15) is 5.69 Å². The van der Waals surface area contributed by atoms with Crippen LogP contribution in [0.25, 0.3) is 0 Å². The molecule has 0 bridgehead atoms. The van der Waals surface area contributed by atoms with E-state index in [0.29, 0.717) is 16.9 Å². The molecular formula is C13H13N3O2S. The average Bonchev–Trinajstić information content (AvgIpc) is 2.92. The van der Waals surface area contributed by atoms with Crippen LogP contribution in [0.4, 0.5) is 5.69 Å². The number of anilines is 1. The number of thiazole rings is 1. The molecule has 0 atom stereocenters. The van der Waals surface area contributed by atoms with E-state index in [1.807, 2.05) is 0 Å². The second-order valence-corrected chi connectivity index (χ2v) is 4.82. The summed E-state index contributed by atoms with van der Waals surface area (Å²) in [5, 5.41) is 4.40. The molecule has 5 nitrogen and oxygen atoms in total.